The van der Waals surface area contributed by atoms with Crippen LogP contribution in [0.3, 0.4) is 0 Å². The molecule has 0 saturated heterocycles. The monoisotopic (exact) mass is 228 g/mol. The number of aryl methyl sites for hydroxylation is 1. The van der Waals surface area contributed by atoms with E-state index in [1.54, 1.807) is 0 Å². The highest BCUT2D eigenvalue weighted by Crippen LogP contribution is 2.38. The molecule has 88 valence electrons. The van der Waals surface area contributed by atoms with E-state index in [-0.39, 0.29) is 12.1 Å². The van der Waals surface area contributed by atoms with Crippen molar-refractivity contribution in [3.8, 4) is 0 Å². The zero-order chi connectivity index (χ0) is 11.9. The Morgan fingerprint density at radius 3 is 2.82 bits per heavy atom. The standard InChI is InChI=1S/C14H16N2O/c1-10-8-11-4-2-3-5-12(11)15-13(10)16-14(9-17)6-7-14/h2-5,8,17H,6-7,9H2,1H3,(H,15,16). The molecule has 1 aromatic heterocycles. The van der Waals surface area contributed by atoms with Crippen molar-refractivity contribution in [1.82, 2.24) is 4.98 Å². The van der Waals surface area contributed by atoms with Crippen LogP contribution < -0.4 is 5.32 Å². The summed E-state index contributed by atoms with van der Waals surface area (Å²) in [4.78, 5) is 4.63. The van der Waals surface area contributed by atoms with Crippen LogP contribution in [-0.4, -0.2) is 22.2 Å². The lowest BCUT2D eigenvalue weighted by Gasteiger charge is -2.17. The summed E-state index contributed by atoms with van der Waals surface area (Å²) < 4.78 is 0. The van der Waals surface area contributed by atoms with Crippen molar-refractivity contribution in [3.63, 3.8) is 0 Å². The van der Waals surface area contributed by atoms with E-state index >= 15 is 0 Å². The molecule has 0 spiro atoms. The largest absolute Gasteiger partial charge is 0.394 e. The van der Waals surface area contributed by atoms with Gasteiger partial charge >= 0.3 is 0 Å². The third-order valence-electron chi connectivity index (χ3n) is 3.45. The number of rotatable bonds is 3. The number of anilines is 1. The Labute approximate surface area is 100 Å². The predicted octanol–water partition coefficient (Wildman–Crippen LogP) is 2.48. The van der Waals surface area contributed by atoms with Crippen molar-refractivity contribution in [3.05, 3.63) is 35.9 Å². The molecule has 0 amide bonds. The first-order chi connectivity index (χ1) is 8.22. The van der Waals surface area contributed by atoms with E-state index < -0.39 is 0 Å². The van der Waals surface area contributed by atoms with Crippen LogP contribution in [0, 0.1) is 6.92 Å². The van der Waals surface area contributed by atoms with E-state index in [1.807, 2.05) is 18.2 Å². The van der Waals surface area contributed by atoms with E-state index in [4.69, 9.17) is 0 Å². The smallest absolute Gasteiger partial charge is 0.130 e. The number of nitrogens with one attached hydrogen (secondary N) is 1. The lowest BCUT2D eigenvalue weighted by Crippen LogP contribution is -2.26. The second kappa shape index (κ2) is 3.70. The molecule has 17 heavy (non-hydrogen) atoms. The Hall–Kier alpha value is -1.61. The average molecular weight is 228 g/mol. The molecule has 0 aliphatic heterocycles. The zero-order valence-electron chi connectivity index (χ0n) is 9.90. The topological polar surface area (TPSA) is 45.2 Å². The highest BCUT2D eigenvalue weighted by atomic mass is 16.3. The zero-order valence-corrected chi connectivity index (χ0v) is 9.90. The van der Waals surface area contributed by atoms with Crippen molar-refractivity contribution in [1.29, 1.82) is 0 Å². The number of hydrogen-bond acceptors (Lipinski definition) is 3. The third kappa shape index (κ3) is 1.87. The number of nitrogens with zero attached hydrogens (tertiary/aromatic N) is 1. The van der Waals surface area contributed by atoms with Gasteiger partial charge in [0, 0.05) is 5.39 Å². The molecule has 0 atom stereocenters. The fourth-order valence-electron chi connectivity index (χ4n) is 2.07. The SMILES string of the molecule is Cc1cc2ccccc2nc1NC1(CO)CC1. The van der Waals surface area contributed by atoms with E-state index in [9.17, 15) is 5.11 Å². The molecule has 3 heteroatoms. The molecule has 0 unspecified atom stereocenters. The fourth-order valence-corrected chi connectivity index (χ4v) is 2.07. The summed E-state index contributed by atoms with van der Waals surface area (Å²) in [6.45, 7) is 2.23. The Kier molecular flexibility index (Phi) is 2.30. The van der Waals surface area contributed by atoms with Gasteiger partial charge < -0.3 is 10.4 Å². The van der Waals surface area contributed by atoms with Crippen LogP contribution in [0.4, 0.5) is 5.82 Å². The minimum atomic E-state index is -0.111. The van der Waals surface area contributed by atoms with E-state index in [2.05, 4.69) is 29.4 Å². The maximum atomic E-state index is 9.33. The van der Waals surface area contributed by atoms with Crippen molar-refractivity contribution in [2.24, 2.45) is 0 Å². The molecule has 1 heterocycles. The van der Waals surface area contributed by atoms with Gasteiger partial charge in [0.15, 0.2) is 0 Å². The van der Waals surface area contributed by atoms with Gasteiger partial charge in [-0.05, 0) is 37.5 Å². The summed E-state index contributed by atoms with van der Waals surface area (Å²) in [5.41, 5.74) is 2.01. The van der Waals surface area contributed by atoms with Gasteiger partial charge in [-0.2, -0.15) is 0 Å². The van der Waals surface area contributed by atoms with E-state index in [0.717, 1.165) is 35.1 Å². The molecule has 1 aliphatic rings. The highest BCUT2D eigenvalue weighted by Gasteiger charge is 2.42. The highest BCUT2D eigenvalue weighted by molar-refractivity contribution is 5.81. The van der Waals surface area contributed by atoms with Gasteiger partial charge in [0.2, 0.25) is 0 Å². The van der Waals surface area contributed by atoms with Gasteiger partial charge in [-0.3, -0.25) is 0 Å². The van der Waals surface area contributed by atoms with Gasteiger partial charge in [0.25, 0.3) is 0 Å². The van der Waals surface area contributed by atoms with Crippen LogP contribution in [0.15, 0.2) is 30.3 Å². The van der Waals surface area contributed by atoms with Crippen LogP contribution in [0.1, 0.15) is 18.4 Å². The first-order valence-electron chi connectivity index (χ1n) is 5.98. The number of hydrogen-bond donors (Lipinski definition) is 2. The molecule has 2 N–H and O–H groups in total. The van der Waals surface area contributed by atoms with Gasteiger partial charge in [0.1, 0.15) is 5.82 Å². The number of aromatic nitrogens is 1. The van der Waals surface area contributed by atoms with Crippen LogP contribution >= 0.6 is 0 Å². The molecular formula is C14H16N2O. The van der Waals surface area contributed by atoms with Gasteiger partial charge in [0.05, 0.1) is 17.7 Å². The Morgan fingerprint density at radius 1 is 1.35 bits per heavy atom. The second-order valence-corrected chi connectivity index (χ2v) is 4.91. The number of para-hydroxylation sites is 1. The molecular weight excluding hydrogens is 212 g/mol. The molecule has 2 aromatic rings. The van der Waals surface area contributed by atoms with Crippen molar-refractivity contribution in [2.75, 3.05) is 11.9 Å². The Bertz CT molecular complexity index is 561. The summed E-state index contributed by atoms with van der Waals surface area (Å²) in [6.07, 6.45) is 2.05. The average Bonchev–Trinajstić information content (AvgIpc) is 3.11. The number of benzene rings is 1. The molecule has 3 nitrogen and oxygen atoms in total. The lowest BCUT2D eigenvalue weighted by atomic mass is 10.1. The first-order valence-corrected chi connectivity index (χ1v) is 5.98. The van der Waals surface area contributed by atoms with Crippen LogP contribution in [0.25, 0.3) is 10.9 Å². The van der Waals surface area contributed by atoms with Crippen molar-refractivity contribution < 1.29 is 5.11 Å². The molecule has 1 aromatic carbocycles. The number of fused-ring (bicyclic) bond motifs is 1. The molecule has 1 fully saturated rings. The summed E-state index contributed by atoms with van der Waals surface area (Å²) in [6, 6.07) is 10.2. The van der Waals surface area contributed by atoms with Crippen LogP contribution in [-0.2, 0) is 0 Å². The van der Waals surface area contributed by atoms with Crippen molar-refractivity contribution >= 4 is 16.7 Å². The normalized spacial score (nSPS) is 17.1. The number of pyridine rings is 1. The third-order valence-corrected chi connectivity index (χ3v) is 3.45. The maximum absolute atomic E-state index is 9.33. The minimum absolute atomic E-state index is 0.111. The summed E-state index contributed by atoms with van der Waals surface area (Å²) >= 11 is 0. The van der Waals surface area contributed by atoms with Crippen LogP contribution in [0.2, 0.25) is 0 Å². The van der Waals surface area contributed by atoms with E-state index in [0.29, 0.717) is 0 Å². The molecule has 1 saturated carbocycles. The Morgan fingerprint density at radius 2 is 2.12 bits per heavy atom. The molecule has 3 rings (SSSR count). The number of aliphatic hydroxyl groups is 1. The molecule has 0 bridgehead atoms. The summed E-state index contributed by atoms with van der Waals surface area (Å²) in [5.74, 6) is 0.898. The predicted molar refractivity (Wildman–Crippen MR) is 69.2 cm³/mol. The Balaban J connectivity index is 2.01. The first kappa shape index (κ1) is 10.5. The van der Waals surface area contributed by atoms with Crippen LogP contribution in [0.5, 0.6) is 0 Å². The summed E-state index contributed by atoms with van der Waals surface area (Å²) in [5, 5.41) is 13.9. The maximum Gasteiger partial charge on any atom is 0.130 e. The summed E-state index contributed by atoms with van der Waals surface area (Å²) in [7, 11) is 0. The molecule has 1 aliphatic carbocycles. The number of aliphatic hydroxyl groups excluding tert-OH is 1. The molecule has 0 radical (unpaired) electrons. The second-order valence-electron chi connectivity index (χ2n) is 4.91. The van der Waals surface area contributed by atoms with Gasteiger partial charge in [-0.1, -0.05) is 18.2 Å². The van der Waals surface area contributed by atoms with Gasteiger partial charge in [-0.25, -0.2) is 4.98 Å². The lowest BCUT2D eigenvalue weighted by molar-refractivity contribution is 0.266. The van der Waals surface area contributed by atoms with Crippen molar-refractivity contribution in [2.45, 2.75) is 25.3 Å². The quantitative estimate of drug-likeness (QED) is 0.848. The fraction of sp³-hybridized carbons (Fsp3) is 0.357. The van der Waals surface area contributed by atoms with E-state index in [1.165, 1.54) is 0 Å². The minimum Gasteiger partial charge on any atom is -0.394 e. The van der Waals surface area contributed by atoms with Gasteiger partial charge in [-0.15, -0.1) is 0 Å².